The number of fused-ring (bicyclic) bond motifs is 1. The number of unbranched alkanes of at least 4 members (excludes halogenated alkanes) is 1. The summed E-state index contributed by atoms with van der Waals surface area (Å²) in [5.41, 5.74) is 0.552. The number of halogens is 2. The predicted octanol–water partition coefficient (Wildman–Crippen LogP) is 5.67. The second-order valence-corrected chi connectivity index (χ2v) is 8.11. The standard InChI is InChI=1S/C27H25F2N3O2/c1-3-4-17-31(26(33)21-9-5-7-11-23(21)29)18(2)25-30-24-12-8-6-10-22(24)27(34)32(25)20-15-13-19(28)14-16-20/h5-16,18H,3-4,17H2,1-2H3. The minimum Gasteiger partial charge on any atom is -0.329 e. The molecule has 34 heavy (non-hydrogen) atoms. The van der Waals surface area contributed by atoms with Gasteiger partial charge in [-0.15, -0.1) is 0 Å². The van der Waals surface area contributed by atoms with Crippen LogP contribution in [0.25, 0.3) is 16.6 Å². The van der Waals surface area contributed by atoms with Crippen LogP contribution in [0, 0.1) is 11.6 Å². The maximum atomic E-state index is 14.5. The molecular weight excluding hydrogens is 436 g/mol. The lowest BCUT2D eigenvalue weighted by molar-refractivity contribution is 0.0673. The van der Waals surface area contributed by atoms with Gasteiger partial charge in [-0.1, -0.05) is 37.6 Å². The second-order valence-electron chi connectivity index (χ2n) is 8.11. The highest BCUT2D eigenvalue weighted by molar-refractivity contribution is 5.94. The van der Waals surface area contributed by atoms with Gasteiger partial charge in [-0.25, -0.2) is 13.8 Å². The van der Waals surface area contributed by atoms with E-state index >= 15 is 0 Å². The van der Waals surface area contributed by atoms with Gasteiger partial charge in [0.1, 0.15) is 17.5 Å². The molecule has 0 saturated heterocycles. The number of nitrogens with zero attached hydrogens (tertiary/aromatic N) is 3. The summed E-state index contributed by atoms with van der Waals surface area (Å²) in [5, 5.41) is 0.406. The monoisotopic (exact) mass is 461 g/mol. The Labute approximate surface area is 196 Å². The molecule has 1 aromatic heterocycles. The Balaban J connectivity index is 1.91. The van der Waals surface area contributed by atoms with Crippen LogP contribution in [0.3, 0.4) is 0 Å². The molecule has 1 unspecified atom stereocenters. The zero-order chi connectivity index (χ0) is 24.2. The first-order valence-corrected chi connectivity index (χ1v) is 11.3. The van der Waals surface area contributed by atoms with Gasteiger partial charge in [0.25, 0.3) is 11.5 Å². The highest BCUT2D eigenvalue weighted by Crippen LogP contribution is 2.25. The summed E-state index contributed by atoms with van der Waals surface area (Å²) in [7, 11) is 0. The Morgan fingerprint density at radius 1 is 1.00 bits per heavy atom. The van der Waals surface area contributed by atoms with Crippen molar-refractivity contribution in [3.8, 4) is 5.69 Å². The molecule has 4 rings (SSSR count). The van der Waals surface area contributed by atoms with E-state index in [9.17, 15) is 18.4 Å². The van der Waals surface area contributed by atoms with Gasteiger partial charge in [0.2, 0.25) is 0 Å². The molecule has 7 heteroatoms. The van der Waals surface area contributed by atoms with Crippen LogP contribution in [0.1, 0.15) is 48.9 Å². The summed E-state index contributed by atoms with van der Waals surface area (Å²) >= 11 is 0. The molecular formula is C27H25F2N3O2. The zero-order valence-electron chi connectivity index (χ0n) is 19.0. The van der Waals surface area contributed by atoms with E-state index in [1.165, 1.54) is 47.0 Å². The number of hydrogen-bond acceptors (Lipinski definition) is 3. The van der Waals surface area contributed by atoms with Gasteiger partial charge < -0.3 is 4.90 Å². The topological polar surface area (TPSA) is 55.2 Å². The zero-order valence-corrected chi connectivity index (χ0v) is 19.0. The average molecular weight is 462 g/mol. The molecule has 0 spiro atoms. The summed E-state index contributed by atoms with van der Waals surface area (Å²) in [6, 6.07) is 17.7. The minimum absolute atomic E-state index is 0.0399. The van der Waals surface area contributed by atoms with Crippen LogP contribution in [0.15, 0.2) is 77.6 Å². The Morgan fingerprint density at radius 2 is 1.68 bits per heavy atom. The molecule has 0 N–H and O–H groups in total. The quantitative estimate of drug-likeness (QED) is 0.356. The molecule has 0 aliphatic heterocycles. The Hall–Kier alpha value is -3.87. The van der Waals surface area contributed by atoms with Gasteiger partial charge in [0, 0.05) is 6.54 Å². The molecule has 0 saturated carbocycles. The third-order valence-electron chi connectivity index (χ3n) is 5.85. The number of benzene rings is 3. The highest BCUT2D eigenvalue weighted by Gasteiger charge is 2.28. The van der Waals surface area contributed by atoms with Crippen LogP contribution >= 0.6 is 0 Å². The fourth-order valence-electron chi connectivity index (χ4n) is 4.00. The summed E-state index contributed by atoms with van der Waals surface area (Å²) in [6.07, 6.45) is 1.52. The molecule has 3 aromatic carbocycles. The van der Waals surface area contributed by atoms with Gasteiger partial charge in [-0.3, -0.25) is 14.2 Å². The van der Waals surface area contributed by atoms with Gasteiger partial charge in [-0.2, -0.15) is 0 Å². The summed E-state index contributed by atoms with van der Waals surface area (Å²) in [5.74, 6) is -1.20. The van der Waals surface area contributed by atoms with E-state index in [2.05, 4.69) is 0 Å². The maximum Gasteiger partial charge on any atom is 0.266 e. The Kier molecular flexibility index (Phi) is 6.82. The number of hydrogen-bond donors (Lipinski definition) is 0. The third-order valence-corrected chi connectivity index (χ3v) is 5.85. The van der Waals surface area contributed by atoms with Crippen molar-refractivity contribution in [2.24, 2.45) is 0 Å². The molecule has 4 aromatic rings. The first kappa shape index (κ1) is 23.3. The maximum absolute atomic E-state index is 14.5. The van der Waals surface area contributed by atoms with E-state index in [1.807, 2.05) is 6.92 Å². The largest absolute Gasteiger partial charge is 0.329 e. The van der Waals surface area contributed by atoms with Crippen molar-refractivity contribution in [1.29, 1.82) is 0 Å². The molecule has 0 aliphatic carbocycles. The fourth-order valence-corrected chi connectivity index (χ4v) is 4.00. The lowest BCUT2D eigenvalue weighted by Crippen LogP contribution is -2.38. The highest BCUT2D eigenvalue weighted by atomic mass is 19.1. The lowest BCUT2D eigenvalue weighted by atomic mass is 10.1. The van der Waals surface area contributed by atoms with Crippen molar-refractivity contribution in [1.82, 2.24) is 14.5 Å². The SMILES string of the molecule is CCCCN(C(=O)c1ccccc1F)C(C)c1nc2ccccc2c(=O)n1-c1ccc(F)cc1. The molecule has 1 atom stereocenters. The van der Waals surface area contributed by atoms with Crippen LogP contribution in [-0.2, 0) is 0 Å². The molecule has 0 radical (unpaired) electrons. The second kappa shape index (κ2) is 9.95. The fraction of sp³-hybridized carbons (Fsp3) is 0.222. The summed E-state index contributed by atoms with van der Waals surface area (Å²) in [4.78, 5) is 33.3. The van der Waals surface area contributed by atoms with E-state index in [1.54, 1.807) is 42.2 Å². The van der Waals surface area contributed by atoms with Gasteiger partial charge >= 0.3 is 0 Å². The van der Waals surface area contributed by atoms with Crippen molar-refractivity contribution in [2.75, 3.05) is 6.54 Å². The van der Waals surface area contributed by atoms with Crippen LogP contribution in [0.5, 0.6) is 0 Å². The molecule has 5 nitrogen and oxygen atoms in total. The molecule has 1 amide bonds. The Bertz CT molecular complexity index is 1380. The minimum atomic E-state index is -0.666. The van der Waals surface area contributed by atoms with E-state index in [4.69, 9.17) is 4.98 Å². The lowest BCUT2D eigenvalue weighted by Gasteiger charge is -2.31. The third kappa shape index (κ3) is 4.46. The van der Waals surface area contributed by atoms with E-state index in [0.717, 1.165) is 6.42 Å². The molecule has 1 heterocycles. The number of amides is 1. The van der Waals surface area contributed by atoms with E-state index in [0.29, 0.717) is 35.4 Å². The number of carbonyl (C=O) groups excluding carboxylic acids is 1. The average Bonchev–Trinajstić information content (AvgIpc) is 2.85. The van der Waals surface area contributed by atoms with Crippen LogP contribution in [0.2, 0.25) is 0 Å². The van der Waals surface area contributed by atoms with E-state index in [-0.39, 0.29) is 11.1 Å². The molecule has 0 fully saturated rings. The van der Waals surface area contributed by atoms with Gasteiger partial charge in [0.15, 0.2) is 0 Å². The van der Waals surface area contributed by atoms with Crippen molar-refractivity contribution in [3.05, 3.63) is 106 Å². The molecule has 0 aliphatic rings. The van der Waals surface area contributed by atoms with Crippen molar-refractivity contribution in [3.63, 3.8) is 0 Å². The Morgan fingerprint density at radius 3 is 2.38 bits per heavy atom. The van der Waals surface area contributed by atoms with Crippen LogP contribution in [-0.4, -0.2) is 26.9 Å². The van der Waals surface area contributed by atoms with Crippen molar-refractivity contribution < 1.29 is 13.6 Å². The first-order valence-electron chi connectivity index (χ1n) is 11.3. The number of carbonyl (C=O) groups is 1. The smallest absolute Gasteiger partial charge is 0.266 e. The summed E-state index contributed by atoms with van der Waals surface area (Å²) in [6.45, 7) is 4.13. The predicted molar refractivity (Wildman–Crippen MR) is 128 cm³/mol. The van der Waals surface area contributed by atoms with Gasteiger partial charge in [0.05, 0.1) is 28.2 Å². The number of aromatic nitrogens is 2. The van der Waals surface area contributed by atoms with Crippen LogP contribution < -0.4 is 5.56 Å². The summed E-state index contributed by atoms with van der Waals surface area (Å²) < 4.78 is 29.5. The van der Waals surface area contributed by atoms with Crippen molar-refractivity contribution in [2.45, 2.75) is 32.7 Å². The number of para-hydroxylation sites is 1. The van der Waals surface area contributed by atoms with Crippen LogP contribution in [0.4, 0.5) is 8.78 Å². The van der Waals surface area contributed by atoms with Gasteiger partial charge in [-0.05, 0) is 61.9 Å². The number of rotatable bonds is 7. The van der Waals surface area contributed by atoms with Crippen molar-refractivity contribution >= 4 is 16.8 Å². The first-order chi connectivity index (χ1) is 16.4. The normalized spacial score (nSPS) is 12.0. The molecule has 0 bridgehead atoms. The van der Waals surface area contributed by atoms with E-state index < -0.39 is 23.6 Å². The molecule has 174 valence electrons.